The second kappa shape index (κ2) is 4.92. The van der Waals surface area contributed by atoms with Crippen molar-refractivity contribution in [3.05, 3.63) is 41.9 Å². The van der Waals surface area contributed by atoms with Crippen molar-refractivity contribution in [3.8, 4) is 0 Å². The van der Waals surface area contributed by atoms with Crippen LogP contribution in [0.15, 0.2) is 40.5 Å². The first-order valence-corrected chi connectivity index (χ1v) is 5.40. The molecule has 2 N–H and O–H groups in total. The standard InChI is InChI=1S/C11H10N2O3S/c14-9-8(10(15)13-11(17)12-9)5-1-3-7-4-2-6-16-7/h1-6,11,17H,(H,12,14)(H,13,15)/b3-1+,8-5?. The van der Waals surface area contributed by atoms with Gasteiger partial charge in [0.05, 0.1) is 6.26 Å². The van der Waals surface area contributed by atoms with Gasteiger partial charge in [-0.15, -0.1) is 12.6 Å². The molecule has 17 heavy (non-hydrogen) atoms. The first kappa shape index (κ1) is 11.5. The molecule has 0 unspecified atom stereocenters. The molecule has 1 saturated heterocycles. The molecule has 5 nitrogen and oxygen atoms in total. The number of furan rings is 1. The Hall–Kier alpha value is -1.95. The van der Waals surface area contributed by atoms with Gasteiger partial charge in [0.25, 0.3) is 11.8 Å². The lowest BCUT2D eigenvalue weighted by molar-refractivity contribution is -0.126. The lowest BCUT2D eigenvalue weighted by Gasteiger charge is -2.21. The van der Waals surface area contributed by atoms with Crippen LogP contribution in [0.2, 0.25) is 0 Å². The van der Waals surface area contributed by atoms with E-state index in [9.17, 15) is 9.59 Å². The fourth-order valence-corrected chi connectivity index (χ4v) is 1.55. The minimum atomic E-state index is -0.638. The smallest absolute Gasteiger partial charge is 0.259 e. The van der Waals surface area contributed by atoms with Gasteiger partial charge >= 0.3 is 0 Å². The van der Waals surface area contributed by atoms with Gasteiger partial charge in [0.2, 0.25) is 0 Å². The molecule has 2 amide bonds. The molecule has 6 heteroatoms. The van der Waals surface area contributed by atoms with Crippen molar-refractivity contribution in [3.63, 3.8) is 0 Å². The molecule has 0 aliphatic carbocycles. The molecule has 1 fully saturated rings. The van der Waals surface area contributed by atoms with Crippen LogP contribution >= 0.6 is 12.6 Å². The van der Waals surface area contributed by atoms with E-state index in [0.29, 0.717) is 5.76 Å². The molecule has 1 aliphatic rings. The number of hydrogen-bond acceptors (Lipinski definition) is 4. The summed E-state index contributed by atoms with van der Waals surface area (Å²) in [6, 6.07) is 3.51. The number of carbonyl (C=O) groups excluding carboxylic acids is 2. The van der Waals surface area contributed by atoms with Crippen molar-refractivity contribution >= 4 is 30.5 Å². The number of hydrogen-bond donors (Lipinski definition) is 3. The zero-order valence-electron chi connectivity index (χ0n) is 8.71. The van der Waals surface area contributed by atoms with Gasteiger partial charge in [0, 0.05) is 0 Å². The Balaban J connectivity index is 2.11. The van der Waals surface area contributed by atoms with Crippen LogP contribution in [0.25, 0.3) is 6.08 Å². The Morgan fingerprint density at radius 3 is 2.59 bits per heavy atom. The Bertz CT molecular complexity index is 471. The second-order valence-electron chi connectivity index (χ2n) is 3.30. The summed E-state index contributed by atoms with van der Waals surface area (Å²) in [7, 11) is 0. The number of thiol groups is 1. The molecule has 0 radical (unpaired) electrons. The lowest BCUT2D eigenvalue weighted by atomic mass is 10.2. The highest BCUT2D eigenvalue weighted by Crippen LogP contribution is 2.07. The van der Waals surface area contributed by atoms with Crippen LogP contribution in [0.1, 0.15) is 5.76 Å². The normalized spacial score (nSPS) is 20.3. The quantitative estimate of drug-likeness (QED) is 0.410. The lowest BCUT2D eigenvalue weighted by Crippen LogP contribution is -2.52. The first-order valence-electron chi connectivity index (χ1n) is 4.88. The fourth-order valence-electron chi connectivity index (χ4n) is 1.32. The molecule has 0 atom stereocenters. The molecular weight excluding hydrogens is 240 g/mol. The minimum Gasteiger partial charge on any atom is -0.465 e. The number of allylic oxidation sites excluding steroid dienone is 2. The molecule has 88 valence electrons. The number of amides is 2. The number of carbonyl (C=O) groups is 2. The molecule has 1 aromatic rings. The van der Waals surface area contributed by atoms with Crippen LogP contribution in [0.5, 0.6) is 0 Å². The summed E-state index contributed by atoms with van der Waals surface area (Å²) in [5.74, 6) is -0.249. The van der Waals surface area contributed by atoms with Crippen LogP contribution in [0, 0.1) is 0 Å². The predicted molar refractivity (Wildman–Crippen MR) is 64.9 cm³/mol. The van der Waals surface area contributed by atoms with E-state index in [4.69, 9.17) is 4.42 Å². The number of rotatable bonds is 2. The van der Waals surface area contributed by atoms with Gasteiger partial charge in [-0.05, 0) is 24.3 Å². The third-order valence-electron chi connectivity index (χ3n) is 2.09. The van der Waals surface area contributed by atoms with Crippen molar-refractivity contribution in [1.29, 1.82) is 0 Å². The van der Waals surface area contributed by atoms with Gasteiger partial charge in [0.1, 0.15) is 16.8 Å². The van der Waals surface area contributed by atoms with E-state index in [1.54, 1.807) is 30.5 Å². The van der Waals surface area contributed by atoms with E-state index >= 15 is 0 Å². The van der Waals surface area contributed by atoms with Crippen LogP contribution in [0.3, 0.4) is 0 Å². The average molecular weight is 250 g/mol. The van der Waals surface area contributed by atoms with Crippen LogP contribution in [-0.4, -0.2) is 17.3 Å². The van der Waals surface area contributed by atoms with Gasteiger partial charge in [-0.2, -0.15) is 0 Å². The van der Waals surface area contributed by atoms with E-state index in [1.165, 1.54) is 6.08 Å². The second-order valence-corrected chi connectivity index (χ2v) is 3.82. The Kier molecular flexibility index (Phi) is 3.34. The molecule has 2 rings (SSSR count). The molecule has 0 bridgehead atoms. The molecule has 0 aromatic carbocycles. The van der Waals surface area contributed by atoms with Crippen LogP contribution in [-0.2, 0) is 9.59 Å². The molecule has 2 heterocycles. The van der Waals surface area contributed by atoms with Gasteiger partial charge < -0.3 is 15.1 Å². The minimum absolute atomic E-state index is 0.0399. The van der Waals surface area contributed by atoms with Crippen LogP contribution in [0.4, 0.5) is 0 Å². The van der Waals surface area contributed by atoms with Crippen LogP contribution < -0.4 is 10.6 Å². The molecule has 0 saturated carbocycles. The molecule has 1 aliphatic heterocycles. The van der Waals surface area contributed by atoms with Crippen molar-refractivity contribution in [2.24, 2.45) is 0 Å². The summed E-state index contributed by atoms with van der Waals surface area (Å²) < 4.78 is 5.06. The average Bonchev–Trinajstić information content (AvgIpc) is 2.74. The van der Waals surface area contributed by atoms with Gasteiger partial charge in [0.15, 0.2) is 0 Å². The first-order chi connectivity index (χ1) is 8.16. The van der Waals surface area contributed by atoms with Crippen molar-refractivity contribution in [1.82, 2.24) is 10.6 Å². The summed E-state index contributed by atoms with van der Waals surface area (Å²) in [4.78, 5) is 22.9. The maximum absolute atomic E-state index is 11.5. The zero-order valence-corrected chi connectivity index (χ0v) is 9.61. The van der Waals surface area contributed by atoms with E-state index in [0.717, 1.165) is 0 Å². The maximum Gasteiger partial charge on any atom is 0.259 e. The summed E-state index contributed by atoms with van der Waals surface area (Å²) in [5, 5.41) is 4.94. The van der Waals surface area contributed by atoms with E-state index in [2.05, 4.69) is 23.3 Å². The van der Waals surface area contributed by atoms with Gasteiger partial charge in [-0.3, -0.25) is 9.59 Å². The maximum atomic E-state index is 11.5. The molecular formula is C11H10N2O3S. The summed E-state index contributed by atoms with van der Waals surface area (Å²) in [5.41, 5.74) is -0.598. The highest BCUT2D eigenvalue weighted by molar-refractivity contribution is 7.80. The van der Waals surface area contributed by atoms with Crippen molar-refractivity contribution in [2.45, 2.75) is 5.50 Å². The third kappa shape index (κ3) is 2.79. The van der Waals surface area contributed by atoms with E-state index < -0.39 is 17.3 Å². The highest BCUT2D eigenvalue weighted by Gasteiger charge is 2.26. The van der Waals surface area contributed by atoms with Crippen molar-refractivity contribution in [2.75, 3.05) is 0 Å². The zero-order chi connectivity index (χ0) is 12.3. The van der Waals surface area contributed by atoms with E-state index in [1.807, 2.05) is 0 Å². The number of nitrogens with one attached hydrogen (secondary N) is 2. The topological polar surface area (TPSA) is 71.3 Å². The predicted octanol–water partition coefficient (Wildman–Crippen LogP) is 0.679. The van der Waals surface area contributed by atoms with Gasteiger partial charge in [-0.25, -0.2) is 0 Å². The molecule has 1 aromatic heterocycles. The SMILES string of the molecule is O=C1NC(S)NC(=O)C1=C/C=C/c1ccco1. The Morgan fingerprint density at radius 2 is 2.00 bits per heavy atom. The Morgan fingerprint density at radius 1 is 1.29 bits per heavy atom. The Labute approximate surface area is 103 Å². The molecule has 0 spiro atoms. The van der Waals surface area contributed by atoms with Crippen molar-refractivity contribution < 1.29 is 14.0 Å². The van der Waals surface area contributed by atoms with E-state index in [-0.39, 0.29) is 5.57 Å². The highest BCUT2D eigenvalue weighted by atomic mass is 32.1. The fraction of sp³-hybridized carbons (Fsp3) is 0.0909. The summed E-state index contributed by atoms with van der Waals surface area (Å²) in [6.07, 6.45) is 6.19. The third-order valence-corrected chi connectivity index (χ3v) is 2.35. The summed E-state index contributed by atoms with van der Waals surface area (Å²) >= 11 is 3.94. The van der Waals surface area contributed by atoms with Gasteiger partial charge in [-0.1, -0.05) is 6.08 Å². The summed E-state index contributed by atoms with van der Waals surface area (Å²) in [6.45, 7) is 0. The monoisotopic (exact) mass is 250 g/mol. The largest absolute Gasteiger partial charge is 0.465 e.